The van der Waals surface area contributed by atoms with Gasteiger partial charge in [0.1, 0.15) is 0 Å². The van der Waals surface area contributed by atoms with Crippen LogP contribution in [0.1, 0.15) is 38.2 Å². The number of amides is 1. The highest BCUT2D eigenvalue weighted by Crippen LogP contribution is 2.27. The van der Waals surface area contributed by atoms with Crippen LogP contribution in [0.5, 0.6) is 0 Å². The third-order valence-corrected chi connectivity index (χ3v) is 7.40. The van der Waals surface area contributed by atoms with Crippen LogP contribution < -0.4 is 0 Å². The molecule has 3 aliphatic heterocycles. The van der Waals surface area contributed by atoms with Crippen molar-refractivity contribution in [1.29, 1.82) is 0 Å². The number of hydrogen-bond donors (Lipinski definition) is 1. The van der Waals surface area contributed by atoms with E-state index in [0.29, 0.717) is 12.3 Å². The third kappa shape index (κ3) is 6.46. The van der Waals surface area contributed by atoms with Crippen molar-refractivity contribution in [2.75, 3.05) is 52.4 Å². The number of carbonyl (C=O) groups is 2. The molecular weight excluding hydrogens is 420 g/mol. The van der Waals surface area contributed by atoms with Crippen LogP contribution in [0, 0.1) is 5.92 Å². The Labute approximate surface area is 197 Å². The molecule has 3 heterocycles. The van der Waals surface area contributed by atoms with Crippen LogP contribution in [-0.4, -0.2) is 101 Å². The van der Waals surface area contributed by atoms with Crippen LogP contribution in [0.15, 0.2) is 30.3 Å². The maximum Gasteiger partial charge on any atom is 0.411 e. The van der Waals surface area contributed by atoms with Gasteiger partial charge in [0, 0.05) is 45.7 Å². The molecule has 4 rings (SSSR count). The Balaban J connectivity index is 1.20. The molecule has 0 saturated carbocycles. The fourth-order valence-corrected chi connectivity index (χ4v) is 5.35. The van der Waals surface area contributed by atoms with Gasteiger partial charge in [-0.05, 0) is 57.3 Å². The lowest BCUT2D eigenvalue weighted by Gasteiger charge is -2.38. The summed E-state index contributed by atoms with van der Waals surface area (Å²) in [5.74, 6) is -0.209. The van der Waals surface area contributed by atoms with Gasteiger partial charge in [-0.1, -0.05) is 30.3 Å². The lowest BCUT2D eigenvalue weighted by molar-refractivity contribution is -0.137. The zero-order valence-electron chi connectivity index (χ0n) is 19.8. The molecule has 0 spiro atoms. The molecule has 1 amide bonds. The number of cyclic esters (lactones) is 1. The van der Waals surface area contributed by atoms with Crippen molar-refractivity contribution >= 4 is 12.1 Å². The number of piperazine rings is 1. The quantitative estimate of drug-likeness (QED) is 0.609. The minimum atomic E-state index is -0.734. The first-order chi connectivity index (χ1) is 16.0. The lowest BCUT2D eigenvalue weighted by Crippen LogP contribution is -2.54. The first kappa shape index (κ1) is 24.0. The topological polar surface area (TPSA) is 76.6 Å². The molecule has 1 N–H and O–H groups in total. The average Bonchev–Trinajstić information content (AvgIpc) is 3.09. The van der Waals surface area contributed by atoms with Gasteiger partial charge in [-0.3, -0.25) is 14.6 Å². The largest absolute Gasteiger partial charge is 0.481 e. The van der Waals surface area contributed by atoms with Gasteiger partial charge in [0.2, 0.25) is 0 Å². The van der Waals surface area contributed by atoms with E-state index in [-0.39, 0.29) is 24.8 Å². The number of likely N-dealkylation sites (tertiary alicyclic amines) is 1. The van der Waals surface area contributed by atoms with Gasteiger partial charge >= 0.3 is 12.1 Å². The summed E-state index contributed by atoms with van der Waals surface area (Å²) in [6, 6.07) is 10.7. The molecule has 182 valence electrons. The molecule has 3 fully saturated rings. The number of rotatable bonds is 9. The molecule has 3 saturated heterocycles. The van der Waals surface area contributed by atoms with E-state index in [1.165, 1.54) is 5.56 Å². The van der Waals surface area contributed by atoms with Crippen molar-refractivity contribution in [3.63, 3.8) is 0 Å². The van der Waals surface area contributed by atoms with Gasteiger partial charge < -0.3 is 19.6 Å². The first-order valence-corrected chi connectivity index (χ1v) is 12.4. The molecular formula is C25H38N4O4. The molecule has 3 aliphatic rings. The van der Waals surface area contributed by atoms with Gasteiger partial charge in [0.05, 0.1) is 6.04 Å². The van der Waals surface area contributed by atoms with E-state index in [1.807, 2.05) is 4.90 Å². The van der Waals surface area contributed by atoms with Crippen molar-refractivity contribution < 1.29 is 19.4 Å². The first-order valence-electron chi connectivity index (χ1n) is 12.4. The summed E-state index contributed by atoms with van der Waals surface area (Å²) in [6.45, 7) is 10.3. The molecule has 1 aromatic carbocycles. The predicted molar refractivity (Wildman–Crippen MR) is 126 cm³/mol. The van der Waals surface area contributed by atoms with E-state index in [9.17, 15) is 9.59 Å². The summed E-state index contributed by atoms with van der Waals surface area (Å²) in [5, 5.41) is 8.82. The maximum atomic E-state index is 12.7. The molecule has 1 aromatic rings. The number of piperidine rings is 1. The second kappa shape index (κ2) is 11.3. The fourth-order valence-electron chi connectivity index (χ4n) is 5.35. The Morgan fingerprint density at radius 3 is 2.39 bits per heavy atom. The Kier molecular flexibility index (Phi) is 8.22. The van der Waals surface area contributed by atoms with E-state index in [0.717, 1.165) is 71.7 Å². The van der Waals surface area contributed by atoms with Crippen molar-refractivity contribution in [3.8, 4) is 0 Å². The molecule has 0 aromatic heterocycles. The minimum Gasteiger partial charge on any atom is -0.481 e. The van der Waals surface area contributed by atoms with Gasteiger partial charge in [-0.15, -0.1) is 0 Å². The zero-order chi connectivity index (χ0) is 23.2. The highest BCUT2D eigenvalue weighted by Gasteiger charge is 2.43. The van der Waals surface area contributed by atoms with Crippen molar-refractivity contribution in [2.24, 2.45) is 5.92 Å². The summed E-state index contributed by atoms with van der Waals surface area (Å²) in [5.41, 5.74) is 1.36. The van der Waals surface area contributed by atoms with Crippen LogP contribution in [0.3, 0.4) is 0 Å². The number of hydrogen-bond acceptors (Lipinski definition) is 6. The summed E-state index contributed by atoms with van der Waals surface area (Å²) < 4.78 is 5.82. The molecule has 0 radical (unpaired) electrons. The number of carbonyl (C=O) groups excluding carboxylic acids is 1. The van der Waals surface area contributed by atoms with Crippen molar-refractivity contribution in [2.45, 2.75) is 51.4 Å². The third-order valence-electron chi connectivity index (χ3n) is 7.40. The van der Waals surface area contributed by atoms with Gasteiger partial charge in [-0.2, -0.15) is 0 Å². The fraction of sp³-hybridized carbons (Fsp3) is 0.680. The highest BCUT2D eigenvalue weighted by molar-refractivity contribution is 5.70. The van der Waals surface area contributed by atoms with E-state index < -0.39 is 5.97 Å². The van der Waals surface area contributed by atoms with E-state index in [2.05, 4.69) is 52.0 Å². The van der Waals surface area contributed by atoms with Crippen LogP contribution in [-0.2, 0) is 16.1 Å². The monoisotopic (exact) mass is 458 g/mol. The number of ether oxygens (including phenoxy) is 1. The SMILES string of the molecule is CC1C(N2CCN(CCCC(=O)O)CC2)OC(=O)N1CC1CCN(Cc2ccccc2)CC1. The summed E-state index contributed by atoms with van der Waals surface area (Å²) in [7, 11) is 0. The summed E-state index contributed by atoms with van der Waals surface area (Å²) in [4.78, 5) is 32.4. The van der Waals surface area contributed by atoms with Crippen LogP contribution in [0.2, 0.25) is 0 Å². The minimum absolute atomic E-state index is 0.0541. The molecule has 8 nitrogen and oxygen atoms in total. The molecule has 2 unspecified atom stereocenters. The van der Waals surface area contributed by atoms with Crippen LogP contribution in [0.25, 0.3) is 0 Å². The van der Waals surface area contributed by atoms with Crippen molar-refractivity contribution in [3.05, 3.63) is 35.9 Å². The Bertz CT molecular complexity index is 776. The number of carboxylic acid groups (broad SMARTS) is 1. The number of benzene rings is 1. The van der Waals surface area contributed by atoms with Gasteiger partial charge in [0.15, 0.2) is 6.23 Å². The Morgan fingerprint density at radius 1 is 1.03 bits per heavy atom. The molecule has 0 aliphatic carbocycles. The normalized spacial score (nSPS) is 26.0. The molecule has 33 heavy (non-hydrogen) atoms. The average molecular weight is 459 g/mol. The van der Waals surface area contributed by atoms with E-state index in [1.54, 1.807) is 0 Å². The smallest absolute Gasteiger partial charge is 0.411 e. The van der Waals surface area contributed by atoms with E-state index in [4.69, 9.17) is 9.84 Å². The van der Waals surface area contributed by atoms with Crippen LogP contribution in [0.4, 0.5) is 4.79 Å². The Hall–Kier alpha value is -2.16. The second-order valence-corrected chi connectivity index (χ2v) is 9.75. The number of carboxylic acids is 1. The summed E-state index contributed by atoms with van der Waals surface area (Å²) >= 11 is 0. The zero-order valence-corrected chi connectivity index (χ0v) is 19.8. The maximum absolute atomic E-state index is 12.7. The number of aliphatic carboxylic acids is 1. The molecule has 8 heteroatoms. The van der Waals surface area contributed by atoms with Gasteiger partial charge in [0.25, 0.3) is 0 Å². The Morgan fingerprint density at radius 2 is 1.73 bits per heavy atom. The molecule has 2 atom stereocenters. The highest BCUT2D eigenvalue weighted by atomic mass is 16.6. The van der Waals surface area contributed by atoms with Gasteiger partial charge in [-0.25, -0.2) is 4.79 Å². The standard InChI is InChI=1S/C25H38N4O4/c1-20-24(28-16-14-26(15-17-28)11-5-8-23(30)31)33-25(32)29(20)19-22-9-12-27(13-10-22)18-21-6-3-2-4-7-21/h2-4,6-7,20,22,24H,5,8-19H2,1H3,(H,30,31). The second-order valence-electron chi connectivity index (χ2n) is 9.75. The summed E-state index contributed by atoms with van der Waals surface area (Å²) in [6.07, 6.45) is 2.77. The van der Waals surface area contributed by atoms with Crippen molar-refractivity contribution in [1.82, 2.24) is 19.6 Å². The predicted octanol–water partition coefficient (Wildman–Crippen LogP) is 2.55. The van der Waals surface area contributed by atoms with E-state index >= 15 is 0 Å². The van der Waals surface area contributed by atoms with Crippen LogP contribution >= 0.6 is 0 Å². The lowest BCUT2D eigenvalue weighted by atomic mass is 9.95. The number of nitrogens with zero attached hydrogens (tertiary/aromatic N) is 4. The molecule has 0 bridgehead atoms.